The Kier molecular flexibility index (Phi) is 4.88. The van der Waals surface area contributed by atoms with Gasteiger partial charge in [0.15, 0.2) is 5.11 Å². The molecule has 0 aromatic carbocycles. The molecule has 0 spiro atoms. The highest BCUT2D eigenvalue weighted by Crippen LogP contribution is 2.18. The maximum absolute atomic E-state index is 5.10. The van der Waals surface area contributed by atoms with Crippen LogP contribution >= 0.6 is 24.0 Å². The summed E-state index contributed by atoms with van der Waals surface area (Å²) in [6.45, 7) is 4.41. The molecule has 2 N–H and O–H groups in total. The SMILES string of the molecule is CCCCS[C@@H]1C[C@@H](C)NC(=S)N1. The number of hydrogen-bond acceptors (Lipinski definition) is 2. The fourth-order valence-electron chi connectivity index (χ4n) is 1.33. The molecule has 76 valence electrons. The number of rotatable bonds is 4. The molecule has 1 heterocycles. The van der Waals surface area contributed by atoms with Gasteiger partial charge in [-0.1, -0.05) is 13.3 Å². The predicted octanol–water partition coefficient (Wildman–Crippen LogP) is 2.10. The summed E-state index contributed by atoms with van der Waals surface area (Å²) in [5, 5.41) is 7.83. The first kappa shape index (κ1) is 11.1. The van der Waals surface area contributed by atoms with Crippen LogP contribution in [-0.2, 0) is 0 Å². The molecule has 0 aromatic rings. The van der Waals surface area contributed by atoms with Crippen LogP contribution in [0, 0.1) is 0 Å². The summed E-state index contributed by atoms with van der Waals surface area (Å²) < 4.78 is 0. The molecule has 13 heavy (non-hydrogen) atoms. The molecule has 1 aliphatic rings. The van der Waals surface area contributed by atoms with Gasteiger partial charge in [-0.05, 0) is 37.7 Å². The highest BCUT2D eigenvalue weighted by Gasteiger charge is 2.20. The zero-order chi connectivity index (χ0) is 9.68. The Labute approximate surface area is 90.2 Å². The average Bonchev–Trinajstić information content (AvgIpc) is 2.03. The fourth-order valence-corrected chi connectivity index (χ4v) is 3.11. The van der Waals surface area contributed by atoms with E-state index in [-0.39, 0.29) is 0 Å². The van der Waals surface area contributed by atoms with Crippen LogP contribution in [0.15, 0.2) is 0 Å². The van der Waals surface area contributed by atoms with Gasteiger partial charge >= 0.3 is 0 Å². The van der Waals surface area contributed by atoms with Crippen LogP contribution in [0.2, 0.25) is 0 Å². The third kappa shape index (κ3) is 4.18. The Morgan fingerprint density at radius 2 is 2.31 bits per heavy atom. The van der Waals surface area contributed by atoms with E-state index in [0.717, 1.165) is 11.5 Å². The molecule has 0 radical (unpaired) electrons. The van der Waals surface area contributed by atoms with Gasteiger partial charge in [0, 0.05) is 6.04 Å². The van der Waals surface area contributed by atoms with Gasteiger partial charge < -0.3 is 10.6 Å². The second-order valence-electron chi connectivity index (χ2n) is 3.47. The summed E-state index contributed by atoms with van der Waals surface area (Å²) in [5.41, 5.74) is 0. The number of nitrogens with one attached hydrogen (secondary N) is 2. The van der Waals surface area contributed by atoms with Crippen molar-refractivity contribution in [3.63, 3.8) is 0 Å². The Balaban J connectivity index is 2.21. The van der Waals surface area contributed by atoms with Crippen LogP contribution in [0.3, 0.4) is 0 Å². The van der Waals surface area contributed by atoms with Crippen molar-refractivity contribution >= 4 is 29.1 Å². The minimum Gasteiger partial charge on any atom is -0.360 e. The van der Waals surface area contributed by atoms with Crippen molar-refractivity contribution in [1.29, 1.82) is 0 Å². The maximum Gasteiger partial charge on any atom is 0.167 e. The first-order chi connectivity index (χ1) is 6.22. The van der Waals surface area contributed by atoms with Crippen LogP contribution in [0.4, 0.5) is 0 Å². The van der Waals surface area contributed by atoms with Crippen molar-refractivity contribution in [2.24, 2.45) is 0 Å². The zero-order valence-electron chi connectivity index (χ0n) is 8.30. The Bertz CT molecular complexity index is 173. The molecule has 0 aromatic heterocycles. The van der Waals surface area contributed by atoms with Gasteiger partial charge in [-0.15, -0.1) is 11.8 Å². The lowest BCUT2D eigenvalue weighted by Crippen LogP contribution is -2.52. The summed E-state index contributed by atoms with van der Waals surface area (Å²) in [4.78, 5) is 0. The third-order valence-corrected chi connectivity index (χ3v) is 3.53. The normalized spacial score (nSPS) is 28.0. The summed E-state index contributed by atoms with van der Waals surface area (Å²) in [6, 6.07) is 0.521. The molecule has 1 fully saturated rings. The lowest BCUT2D eigenvalue weighted by Gasteiger charge is -2.30. The van der Waals surface area contributed by atoms with Crippen molar-refractivity contribution in [3.8, 4) is 0 Å². The molecule has 0 amide bonds. The van der Waals surface area contributed by atoms with Crippen LogP contribution in [0.25, 0.3) is 0 Å². The quantitative estimate of drug-likeness (QED) is 0.557. The second kappa shape index (κ2) is 5.70. The number of thioether (sulfide) groups is 1. The minimum absolute atomic E-state index is 0.521. The van der Waals surface area contributed by atoms with Crippen LogP contribution in [0.1, 0.15) is 33.1 Å². The van der Waals surface area contributed by atoms with Crippen molar-refractivity contribution < 1.29 is 0 Å². The van der Waals surface area contributed by atoms with Crippen molar-refractivity contribution in [3.05, 3.63) is 0 Å². The fraction of sp³-hybridized carbons (Fsp3) is 0.889. The lowest BCUT2D eigenvalue weighted by atomic mass is 10.2. The molecule has 0 saturated carbocycles. The largest absolute Gasteiger partial charge is 0.360 e. The van der Waals surface area contributed by atoms with Gasteiger partial charge in [0.1, 0.15) is 0 Å². The zero-order valence-corrected chi connectivity index (χ0v) is 9.93. The topological polar surface area (TPSA) is 24.1 Å². The number of thiocarbonyl (C=S) groups is 1. The highest BCUT2D eigenvalue weighted by atomic mass is 32.2. The minimum atomic E-state index is 0.521. The standard InChI is InChI=1S/C9H18N2S2/c1-3-4-5-13-8-6-7(2)10-9(12)11-8/h7-8H,3-6H2,1-2H3,(H2,10,11,12)/t7-,8-/m1/s1. The average molecular weight is 218 g/mol. The molecule has 0 bridgehead atoms. The summed E-state index contributed by atoms with van der Waals surface area (Å²) >= 11 is 7.09. The molecule has 0 unspecified atom stereocenters. The van der Waals surface area contributed by atoms with E-state index in [2.05, 4.69) is 24.5 Å². The van der Waals surface area contributed by atoms with E-state index < -0.39 is 0 Å². The van der Waals surface area contributed by atoms with Crippen LogP contribution in [-0.4, -0.2) is 22.3 Å². The Hall–Kier alpha value is 0.0400. The smallest absolute Gasteiger partial charge is 0.167 e. The van der Waals surface area contributed by atoms with Crippen LogP contribution < -0.4 is 10.6 Å². The predicted molar refractivity (Wildman–Crippen MR) is 64.1 cm³/mol. The van der Waals surface area contributed by atoms with Crippen molar-refractivity contribution in [1.82, 2.24) is 10.6 Å². The molecule has 2 nitrogen and oxygen atoms in total. The van der Waals surface area contributed by atoms with E-state index >= 15 is 0 Å². The van der Waals surface area contributed by atoms with E-state index in [9.17, 15) is 0 Å². The Morgan fingerprint density at radius 3 is 2.92 bits per heavy atom. The van der Waals surface area contributed by atoms with Gasteiger partial charge in [-0.3, -0.25) is 0 Å². The first-order valence-corrected chi connectivity index (χ1v) is 6.36. The van der Waals surface area contributed by atoms with E-state index in [4.69, 9.17) is 12.2 Å². The third-order valence-electron chi connectivity index (χ3n) is 2.05. The number of hydrogen-bond donors (Lipinski definition) is 2. The molecule has 1 aliphatic heterocycles. The number of unbranched alkanes of at least 4 members (excludes halogenated alkanes) is 1. The van der Waals surface area contributed by atoms with Crippen molar-refractivity contribution in [2.75, 3.05) is 5.75 Å². The Morgan fingerprint density at radius 1 is 1.54 bits per heavy atom. The second-order valence-corrected chi connectivity index (χ2v) is 5.19. The van der Waals surface area contributed by atoms with Crippen LogP contribution in [0.5, 0.6) is 0 Å². The molecule has 1 saturated heterocycles. The molecular weight excluding hydrogens is 200 g/mol. The monoisotopic (exact) mass is 218 g/mol. The van der Waals surface area contributed by atoms with E-state index in [1.807, 2.05) is 11.8 Å². The molecule has 4 heteroatoms. The summed E-state index contributed by atoms with van der Waals surface area (Å²) in [5.74, 6) is 1.24. The maximum atomic E-state index is 5.10. The van der Waals surface area contributed by atoms with Gasteiger partial charge in [-0.2, -0.15) is 0 Å². The highest BCUT2D eigenvalue weighted by molar-refractivity contribution is 7.99. The van der Waals surface area contributed by atoms with E-state index in [0.29, 0.717) is 11.4 Å². The molecule has 1 rings (SSSR count). The van der Waals surface area contributed by atoms with Gasteiger partial charge in [0.25, 0.3) is 0 Å². The van der Waals surface area contributed by atoms with Crippen molar-refractivity contribution in [2.45, 2.75) is 44.5 Å². The first-order valence-electron chi connectivity index (χ1n) is 4.91. The lowest BCUT2D eigenvalue weighted by molar-refractivity contribution is 0.527. The van der Waals surface area contributed by atoms with E-state index in [1.165, 1.54) is 18.6 Å². The summed E-state index contributed by atoms with van der Waals surface area (Å²) in [7, 11) is 0. The molecule has 0 aliphatic carbocycles. The van der Waals surface area contributed by atoms with Gasteiger partial charge in [0.05, 0.1) is 5.37 Å². The van der Waals surface area contributed by atoms with E-state index in [1.54, 1.807) is 0 Å². The molecule has 2 atom stereocenters. The molecular formula is C9H18N2S2. The van der Waals surface area contributed by atoms with Gasteiger partial charge in [0.2, 0.25) is 0 Å². The van der Waals surface area contributed by atoms with Gasteiger partial charge in [-0.25, -0.2) is 0 Å². The summed E-state index contributed by atoms with van der Waals surface area (Å²) in [6.07, 6.45) is 3.74.